The number of nitrogens with zero attached hydrogens (tertiary/aromatic N) is 1. The monoisotopic (exact) mass is 355 g/mol. The molecular formula is C19H14ClNO4. The van der Waals surface area contributed by atoms with E-state index >= 15 is 0 Å². The SMILES string of the molecule is Cc1cc2oc(=O)cc(Cn3c(=O)oc4cc(Cl)ccc43)c2cc1C. The molecule has 0 aliphatic heterocycles. The Morgan fingerprint density at radius 2 is 1.72 bits per heavy atom. The Kier molecular flexibility index (Phi) is 3.54. The fourth-order valence-corrected chi connectivity index (χ4v) is 3.14. The van der Waals surface area contributed by atoms with Gasteiger partial charge in [0.05, 0.1) is 12.1 Å². The minimum absolute atomic E-state index is 0.206. The molecule has 0 N–H and O–H groups in total. The summed E-state index contributed by atoms with van der Waals surface area (Å²) in [5, 5.41) is 1.29. The third-order valence-corrected chi connectivity index (χ3v) is 4.64. The number of aromatic nitrogens is 1. The number of benzene rings is 2. The zero-order valence-corrected chi connectivity index (χ0v) is 14.4. The van der Waals surface area contributed by atoms with Gasteiger partial charge in [-0.1, -0.05) is 11.6 Å². The fourth-order valence-electron chi connectivity index (χ4n) is 2.97. The highest BCUT2D eigenvalue weighted by atomic mass is 35.5. The van der Waals surface area contributed by atoms with Crippen molar-refractivity contribution in [3.05, 3.63) is 79.1 Å². The third kappa shape index (κ3) is 2.66. The minimum Gasteiger partial charge on any atom is -0.423 e. The van der Waals surface area contributed by atoms with E-state index in [2.05, 4.69) is 0 Å². The molecule has 2 heterocycles. The quantitative estimate of drug-likeness (QED) is 0.509. The summed E-state index contributed by atoms with van der Waals surface area (Å²) in [7, 11) is 0. The van der Waals surface area contributed by atoms with Crippen molar-refractivity contribution >= 4 is 33.7 Å². The Balaban J connectivity index is 1.95. The van der Waals surface area contributed by atoms with Crippen molar-refractivity contribution in [1.29, 1.82) is 0 Å². The molecule has 0 unspecified atom stereocenters. The van der Waals surface area contributed by atoms with Crippen molar-refractivity contribution in [2.45, 2.75) is 20.4 Å². The van der Waals surface area contributed by atoms with E-state index in [9.17, 15) is 9.59 Å². The van der Waals surface area contributed by atoms with E-state index < -0.39 is 11.4 Å². The van der Waals surface area contributed by atoms with E-state index in [4.69, 9.17) is 20.4 Å². The molecule has 0 spiro atoms. The number of oxazole rings is 1. The van der Waals surface area contributed by atoms with Crippen molar-refractivity contribution in [2.24, 2.45) is 0 Å². The van der Waals surface area contributed by atoms with Gasteiger partial charge in [0.1, 0.15) is 5.58 Å². The fraction of sp³-hybridized carbons (Fsp3) is 0.158. The van der Waals surface area contributed by atoms with Gasteiger partial charge in [0.15, 0.2) is 5.58 Å². The van der Waals surface area contributed by atoms with Crippen LogP contribution in [0.25, 0.3) is 22.1 Å². The summed E-state index contributed by atoms with van der Waals surface area (Å²) >= 11 is 5.95. The second-order valence-corrected chi connectivity index (χ2v) is 6.53. The molecular weight excluding hydrogens is 342 g/mol. The number of halogens is 1. The molecule has 2 aromatic carbocycles. The second-order valence-electron chi connectivity index (χ2n) is 6.09. The maximum Gasteiger partial charge on any atom is 0.420 e. The first kappa shape index (κ1) is 15.7. The van der Waals surface area contributed by atoms with Gasteiger partial charge in [0, 0.05) is 22.5 Å². The van der Waals surface area contributed by atoms with E-state index in [-0.39, 0.29) is 6.54 Å². The average molecular weight is 356 g/mol. The summed E-state index contributed by atoms with van der Waals surface area (Å²) in [6.45, 7) is 4.16. The Hall–Kier alpha value is -2.79. The van der Waals surface area contributed by atoms with Crippen LogP contribution in [0.4, 0.5) is 0 Å². The summed E-state index contributed by atoms with van der Waals surface area (Å²) < 4.78 is 12.0. The van der Waals surface area contributed by atoms with Gasteiger partial charge in [0.25, 0.3) is 0 Å². The molecule has 2 aromatic heterocycles. The van der Waals surface area contributed by atoms with Gasteiger partial charge < -0.3 is 8.83 Å². The van der Waals surface area contributed by atoms with E-state index in [1.807, 2.05) is 26.0 Å². The highest BCUT2D eigenvalue weighted by Gasteiger charge is 2.14. The molecule has 0 aliphatic rings. The van der Waals surface area contributed by atoms with Crippen LogP contribution >= 0.6 is 11.6 Å². The largest absolute Gasteiger partial charge is 0.423 e. The normalized spacial score (nSPS) is 11.5. The van der Waals surface area contributed by atoms with Crippen LogP contribution in [0.15, 0.2) is 54.8 Å². The topological polar surface area (TPSA) is 65.3 Å². The molecule has 4 rings (SSSR count). The lowest BCUT2D eigenvalue weighted by molar-refractivity contribution is 0.516. The highest BCUT2D eigenvalue weighted by Crippen LogP contribution is 2.24. The van der Waals surface area contributed by atoms with Crippen molar-refractivity contribution in [3.8, 4) is 0 Å². The van der Waals surface area contributed by atoms with Crippen molar-refractivity contribution in [2.75, 3.05) is 0 Å². The summed E-state index contributed by atoms with van der Waals surface area (Å²) in [5.41, 5.74) is 3.92. The van der Waals surface area contributed by atoms with Gasteiger partial charge in [-0.3, -0.25) is 4.57 Å². The number of aryl methyl sites for hydroxylation is 2. The molecule has 6 heteroatoms. The lowest BCUT2D eigenvalue weighted by atomic mass is 10.0. The molecule has 0 radical (unpaired) electrons. The smallest absolute Gasteiger partial charge is 0.420 e. The molecule has 4 aromatic rings. The van der Waals surface area contributed by atoms with Gasteiger partial charge in [-0.2, -0.15) is 0 Å². The summed E-state index contributed by atoms with van der Waals surface area (Å²) in [6.07, 6.45) is 0. The summed E-state index contributed by atoms with van der Waals surface area (Å²) in [4.78, 5) is 24.2. The molecule has 25 heavy (non-hydrogen) atoms. The maximum atomic E-state index is 12.2. The van der Waals surface area contributed by atoms with E-state index in [1.54, 1.807) is 18.2 Å². The van der Waals surface area contributed by atoms with E-state index in [1.165, 1.54) is 10.6 Å². The second kappa shape index (κ2) is 5.63. The van der Waals surface area contributed by atoms with Gasteiger partial charge >= 0.3 is 11.4 Å². The van der Waals surface area contributed by atoms with Crippen LogP contribution in [0.5, 0.6) is 0 Å². The van der Waals surface area contributed by atoms with Crippen LogP contribution in [0.3, 0.4) is 0 Å². The van der Waals surface area contributed by atoms with Crippen LogP contribution in [0, 0.1) is 13.8 Å². The first-order valence-corrected chi connectivity index (χ1v) is 8.13. The molecule has 0 aliphatic carbocycles. The van der Waals surface area contributed by atoms with Crippen LogP contribution < -0.4 is 11.4 Å². The average Bonchev–Trinajstić information content (AvgIpc) is 2.84. The third-order valence-electron chi connectivity index (χ3n) is 4.40. The number of fused-ring (bicyclic) bond motifs is 2. The minimum atomic E-state index is -0.498. The van der Waals surface area contributed by atoms with Gasteiger partial charge in [-0.15, -0.1) is 0 Å². The van der Waals surface area contributed by atoms with Crippen LogP contribution in [-0.2, 0) is 6.54 Å². The molecule has 0 bridgehead atoms. The first-order valence-electron chi connectivity index (χ1n) is 7.75. The lowest BCUT2D eigenvalue weighted by Gasteiger charge is -2.08. The van der Waals surface area contributed by atoms with Gasteiger partial charge in [-0.25, -0.2) is 9.59 Å². The van der Waals surface area contributed by atoms with Gasteiger partial charge in [0.2, 0.25) is 0 Å². The molecule has 0 atom stereocenters. The zero-order chi connectivity index (χ0) is 17.7. The predicted molar refractivity (Wildman–Crippen MR) is 96.5 cm³/mol. The van der Waals surface area contributed by atoms with Gasteiger partial charge in [-0.05, 0) is 54.8 Å². The Morgan fingerprint density at radius 1 is 0.960 bits per heavy atom. The Morgan fingerprint density at radius 3 is 2.52 bits per heavy atom. The number of hydrogen-bond donors (Lipinski definition) is 0. The molecule has 0 amide bonds. The lowest BCUT2D eigenvalue weighted by Crippen LogP contribution is -2.16. The van der Waals surface area contributed by atoms with Crippen molar-refractivity contribution in [1.82, 2.24) is 4.57 Å². The summed E-state index contributed by atoms with van der Waals surface area (Å²) in [6, 6.07) is 10.2. The van der Waals surface area contributed by atoms with Crippen LogP contribution in [0.2, 0.25) is 5.02 Å². The predicted octanol–water partition coefficient (Wildman–Crippen LogP) is 4.02. The first-order chi connectivity index (χ1) is 11.9. The molecule has 0 saturated carbocycles. The number of rotatable bonds is 2. The van der Waals surface area contributed by atoms with Crippen molar-refractivity contribution < 1.29 is 8.83 Å². The maximum absolute atomic E-state index is 12.2. The number of hydrogen-bond acceptors (Lipinski definition) is 4. The Bertz CT molecular complexity index is 1250. The van der Waals surface area contributed by atoms with Crippen LogP contribution in [0.1, 0.15) is 16.7 Å². The Labute approximate surface area is 147 Å². The zero-order valence-electron chi connectivity index (χ0n) is 13.6. The standard InChI is InChI=1S/C19H14ClNO4/c1-10-5-14-12(7-18(22)24-16(14)6-11(10)2)9-21-15-4-3-13(20)8-17(15)25-19(21)23/h3-8H,9H2,1-2H3. The van der Waals surface area contributed by atoms with Crippen molar-refractivity contribution in [3.63, 3.8) is 0 Å². The molecule has 5 nitrogen and oxygen atoms in total. The molecule has 0 fully saturated rings. The van der Waals surface area contributed by atoms with Crippen LogP contribution in [-0.4, -0.2) is 4.57 Å². The molecule has 0 saturated heterocycles. The molecule has 126 valence electrons. The van der Waals surface area contributed by atoms with E-state index in [0.29, 0.717) is 27.3 Å². The highest BCUT2D eigenvalue weighted by molar-refractivity contribution is 6.31. The summed E-state index contributed by atoms with van der Waals surface area (Å²) in [5.74, 6) is -0.498. The van der Waals surface area contributed by atoms with E-state index in [0.717, 1.165) is 16.5 Å².